The molecule has 0 aliphatic heterocycles. The molecule has 2 aromatic rings. The molecule has 0 spiro atoms. The van der Waals surface area contributed by atoms with E-state index in [0.717, 1.165) is 30.5 Å². The highest BCUT2D eigenvalue weighted by molar-refractivity contribution is 7.51. The number of aromatic nitrogens is 1. The normalized spacial score (nSPS) is 13.1. The number of unbranched alkanes of at least 4 members (excludes halogenated alkanes) is 12. The van der Waals surface area contributed by atoms with Crippen LogP contribution in [0.15, 0.2) is 48.7 Å². The van der Waals surface area contributed by atoms with Crippen molar-refractivity contribution in [3.8, 4) is 5.75 Å². The number of benzene rings is 1. The number of aliphatic hydroxyl groups is 1. The van der Waals surface area contributed by atoms with E-state index in [0.29, 0.717) is 18.8 Å². The first-order valence-electron chi connectivity index (χ1n) is 15.4. The van der Waals surface area contributed by atoms with Crippen LogP contribution in [0.4, 0.5) is 0 Å². The Labute approximate surface area is 246 Å². The molecule has 41 heavy (non-hydrogen) atoms. The number of aliphatic hydroxyl groups excluding tert-OH is 1. The highest BCUT2D eigenvalue weighted by atomic mass is 31.2. The first-order chi connectivity index (χ1) is 19.8. The van der Waals surface area contributed by atoms with Crippen LogP contribution in [-0.4, -0.2) is 44.1 Å². The fourth-order valence-electron chi connectivity index (χ4n) is 4.85. The third-order valence-electron chi connectivity index (χ3n) is 7.23. The number of pyridine rings is 1. The Bertz CT molecular complexity index is 999. The van der Waals surface area contributed by atoms with Crippen LogP contribution < -0.4 is 10.1 Å². The summed E-state index contributed by atoms with van der Waals surface area (Å²) >= 11 is 0. The molecule has 0 saturated heterocycles. The van der Waals surface area contributed by atoms with Gasteiger partial charge in [-0.1, -0.05) is 102 Å². The molecule has 1 aromatic heterocycles. The second-order valence-electron chi connectivity index (χ2n) is 11.0. The molecule has 1 heterocycles. The second kappa shape index (κ2) is 20.6. The Hall–Kier alpha value is -2.25. The van der Waals surface area contributed by atoms with Crippen molar-refractivity contribution in [3.63, 3.8) is 0 Å². The molecule has 0 unspecified atom stereocenters. The largest absolute Gasteiger partial charge is 0.487 e. The predicted octanol–water partition coefficient (Wildman–Crippen LogP) is 6.71. The average Bonchev–Trinajstić information content (AvgIpc) is 2.94. The molecule has 1 aromatic carbocycles. The summed E-state index contributed by atoms with van der Waals surface area (Å²) in [5, 5.41) is 13.4. The van der Waals surface area contributed by atoms with Gasteiger partial charge in [-0.2, -0.15) is 0 Å². The summed E-state index contributed by atoms with van der Waals surface area (Å²) in [5.74, 6) is 0.441. The van der Waals surface area contributed by atoms with Gasteiger partial charge in [-0.15, -0.1) is 0 Å². The molecule has 0 aliphatic carbocycles. The van der Waals surface area contributed by atoms with Crippen LogP contribution in [0.25, 0.3) is 0 Å². The molecule has 2 rings (SSSR count). The minimum Gasteiger partial charge on any atom is -0.487 e. The summed E-state index contributed by atoms with van der Waals surface area (Å²) in [4.78, 5) is 35.6. The number of ether oxygens (including phenoxy) is 1. The highest BCUT2D eigenvalue weighted by Crippen LogP contribution is 2.35. The van der Waals surface area contributed by atoms with E-state index >= 15 is 0 Å². The van der Waals surface area contributed by atoms with E-state index in [4.69, 9.17) is 4.74 Å². The molecule has 230 valence electrons. The molecule has 4 N–H and O–H groups in total. The third kappa shape index (κ3) is 17.3. The minimum atomic E-state index is -4.45. The third-order valence-corrected chi connectivity index (χ3v) is 8.08. The van der Waals surface area contributed by atoms with Gasteiger partial charge >= 0.3 is 7.60 Å². The maximum atomic E-state index is 12.6. The van der Waals surface area contributed by atoms with Gasteiger partial charge in [0.1, 0.15) is 12.4 Å². The van der Waals surface area contributed by atoms with E-state index in [2.05, 4.69) is 17.2 Å². The van der Waals surface area contributed by atoms with E-state index in [1.807, 2.05) is 30.3 Å². The number of hydrogen-bond acceptors (Lipinski definition) is 5. The first kappa shape index (κ1) is 34.9. The van der Waals surface area contributed by atoms with Crippen molar-refractivity contribution in [2.75, 3.05) is 6.16 Å². The van der Waals surface area contributed by atoms with E-state index in [1.165, 1.54) is 64.2 Å². The topological polar surface area (TPSA) is 129 Å². The van der Waals surface area contributed by atoms with Gasteiger partial charge in [0.25, 0.3) is 0 Å². The first-order valence-corrected chi connectivity index (χ1v) is 17.2. The van der Waals surface area contributed by atoms with Crippen LogP contribution in [0.3, 0.4) is 0 Å². The number of carbonyl (C=O) groups is 1. The van der Waals surface area contributed by atoms with Crippen LogP contribution >= 0.6 is 7.60 Å². The molecular weight excluding hydrogens is 539 g/mol. The monoisotopic (exact) mass is 590 g/mol. The van der Waals surface area contributed by atoms with Crippen molar-refractivity contribution in [2.45, 2.75) is 122 Å². The molecule has 8 nitrogen and oxygen atoms in total. The molecular formula is C32H51N2O6P. The molecule has 2 atom stereocenters. The van der Waals surface area contributed by atoms with Gasteiger partial charge in [0.05, 0.1) is 24.0 Å². The van der Waals surface area contributed by atoms with Gasteiger partial charge in [-0.3, -0.25) is 14.3 Å². The molecule has 9 heteroatoms. The smallest absolute Gasteiger partial charge is 0.328 e. The van der Waals surface area contributed by atoms with Crippen molar-refractivity contribution < 1.29 is 29.0 Å². The zero-order valence-electron chi connectivity index (χ0n) is 24.8. The fraction of sp³-hybridized carbons (Fsp3) is 0.625. The maximum absolute atomic E-state index is 12.6. The van der Waals surface area contributed by atoms with Crippen molar-refractivity contribution in [2.24, 2.45) is 0 Å². The summed E-state index contributed by atoms with van der Waals surface area (Å²) in [7, 11) is -4.45. The van der Waals surface area contributed by atoms with Crippen LogP contribution in [0.5, 0.6) is 5.75 Å². The van der Waals surface area contributed by atoms with Gasteiger partial charge in [0.2, 0.25) is 5.91 Å². The summed E-state index contributed by atoms with van der Waals surface area (Å²) < 4.78 is 17.3. The van der Waals surface area contributed by atoms with Crippen LogP contribution in [-0.2, 0) is 22.4 Å². The Morgan fingerprint density at radius 1 is 0.878 bits per heavy atom. The zero-order valence-corrected chi connectivity index (χ0v) is 25.6. The standard InChI is InChI=1S/C32H51N2O6P/c1-2-3-4-5-6-7-8-9-10-11-12-13-14-18-32(36)34-30(31(35)26-41(37,38)39)24-27-19-21-29(22-20-27)40-25-28-17-15-16-23-33-28/h15-17,19-23,30-31,35H,2-14,18,24-26H2,1H3,(H,34,36)(H2,37,38,39)/t30-,31+/m0/s1. The van der Waals surface area contributed by atoms with Gasteiger partial charge in [0.15, 0.2) is 0 Å². The van der Waals surface area contributed by atoms with Crippen molar-refractivity contribution in [3.05, 3.63) is 59.9 Å². The number of amides is 1. The summed E-state index contributed by atoms with van der Waals surface area (Å²) in [5.41, 5.74) is 1.62. The Morgan fingerprint density at radius 2 is 1.46 bits per heavy atom. The average molecular weight is 591 g/mol. The van der Waals surface area contributed by atoms with Gasteiger partial charge in [-0.25, -0.2) is 0 Å². The van der Waals surface area contributed by atoms with E-state index < -0.39 is 25.9 Å². The van der Waals surface area contributed by atoms with Crippen molar-refractivity contribution in [1.82, 2.24) is 10.3 Å². The summed E-state index contributed by atoms with van der Waals surface area (Å²) in [6.45, 7) is 2.58. The van der Waals surface area contributed by atoms with Gasteiger partial charge < -0.3 is 24.9 Å². The van der Waals surface area contributed by atoms with Crippen molar-refractivity contribution in [1.29, 1.82) is 0 Å². The highest BCUT2D eigenvalue weighted by Gasteiger charge is 2.28. The predicted molar refractivity (Wildman–Crippen MR) is 164 cm³/mol. The Morgan fingerprint density at radius 3 is 2.00 bits per heavy atom. The molecule has 0 bridgehead atoms. The van der Waals surface area contributed by atoms with Gasteiger partial charge in [0, 0.05) is 12.6 Å². The second-order valence-corrected chi connectivity index (χ2v) is 12.7. The number of rotatable bonds is 23. The van der Waals surface area contributed by atoms with Crippen LogP contribution in [0.2, 0.25) is 0 Å². The van der Waals surface area contributed by atoms with Gasteiger partial charge in [-0.05, 0) is 42.7 Å². The Balaban J connectivity index is 1.71. The van der Waals surface area contributed by atoms with Crippen molar-refractivity contribution >= 4 is 13.5 Å². The lowest BCUT2D eigenvalue weighted by atomic mass is 10.0. The lowest BCUT2D eigenvalue weighted by Crippen LogP contribution is -2.46. The number of nitrogens with one attached hydrogen (secondary N) is 1. The van der Waals surface area contributed by atoms with E-state index in [-0.39, 0.29) is 12.3 Å². The van der Waals surface area contributed by atoms with Crippen LogP contribution in [0.1, 0.15) is 108 Å². The molecule has 0 aliphatic rings. The Kier molecular flexibility index (Phi) is 17.6. The summed E-state index contributed by atoms with van der Waals surface area (Å²) in [6, 6.07) is 12.0. The SMILES string of the molecule is CCCCCCCCCCCCCCCC(=O)N[C@@H](Cc1ccc(OCc2ccccn2)cc1)[C@H](O)CP(=O)(O)O. The number of nitrogens with zero attached hydrogens (tertiary/aromatic N) is 1. The fourth-order valence-corrected chi connectivity index (χ4v) is 5.59. The van der Waals surface area contributed by atoms with E-state index in [9.17, 15) is 24.3 Å². The lowest BCUT2D eigenvalue weighted by Gasteiger charge is -2.25. The minimum absolute atomic E-state index is 0.210. The van der Waals surface area contributed by atoms with E-state index in [1.54, 1.807) is 18.3 Å². The van der Waals surface area contributed by atoms with Crippen LogP contribution in [0, 0.1) is 0 Å². The zero-order chi connectivity index (χ0) is 29.8. The molecule has 0 fully saturated rings. The quantitative estimate of drug-likeness (QED) is 0.0836. The lowest BCUT2D eigenvalue weighted by molar-refractivity contribution is -0.122. The molecule has 0 radical (unpaired) electrons. The maximum Gasteiger partial charge on any atom is 0.328 e. The number of carbonyl (C=O) groups excluding carboxylic acids is 1. The molecule has 1 amide bonds. The number of hydrogen-bond donors (Lipinski definition) is 4. The molecule has 0 saturated carbocycles. The summed E-state index contributed by atoms with van der Waals surface area (Å²) in [6.07, 6.45) is 16.1.